The van der Waals surface area contributed by atoms with Gasteiger partial charge in [0, 0.05) is 19.0 Å². The zero-order valence-corrected chi connectivity index (χ0v) is 10.9. The summed E-state index contributed by atoms with van der Waals surface area (Å²) >= 11 is 0. The van der Waals surface area contributed by atoms with E-state index < -0.39 is 26.5 Å². The summed E-state index contributed by atoms with van der Waals surface area (Å²) in [7, 11) is -4.04. The molecular formula is C9H12N4O6S. The highest BCUT2D eigenvalue weighted by atomic mass is 32.2. The van der Waals surface area contributed by atoms with Gasteiger partial charge in [0.05, 0.1) is 9.82 Å². The third-order valence-corrected chi connectivity index (χ3v) is 3.20. The molecule has 0 saturated heterocycles. The molecule has 0 aliphatic heterocycles. The highest BCUT2D eigenvalue weighted by molar-refractivity contribution is 7.89. The standard InChI is InChI=1S/C9H12N4O6S/c10-20(18,19)6-1-2-7(8(5-6)13(16)17)11-4-3-9(14)12-15/h1-2,5,11,15H,3-4H2,(H,12,14)(H2,10,18,19). The number of carbonyl (C=O) groups is 1. The van der Waals surface area contributed by atoms with Crippen molar-refractivity contribution in [3.8, 4) is 0 Å². The van der Waals surface area contributed by atoms with Gasteiger partial charge in [-0.1, -0.05) is 0 Å². The number of amides is 1. The van der Waals surface area contributed by atoms with Crippen LogP contribution in [0, 0.1) is 10.1 Å². The number of nitrogens with zero attached hydrogens (tertiary/aromatic N) is 1. The maximum absolute atomic E-state index is 11.1. The van der Waals surface area contributed by atoms with Crippen molar-refractivity contribution in [1.29, 1.82) is 0 Å². The van der Waals surface area contributed by atoms with Crippen molar-refractivity contribution < 1.29 is 23.3 Å². The molecule has 0 unspecified atom stereocenters. The molecule has 5 N–H and O–H groups in total. The van der Waals surface area contributed by atoms with Crippen molar-refractivity contribution in [2.24, 2.45) is 5.14 Å². The van der Waals surface area contributed by atoms with Crippen LogP contribution in [0.5, 0.6) is 0 Å². The Balaban J connectivity index is 2.97. The Kier molecular flexibility index (Phi) is 4.96. The molecule has 0 radical (unpaired) electrons. The van der Waals surface area contributed by atoms with E-state index in [1.807, 2.05) is 0 Å². The van der Waals surface area contributed by atoms with Crippen LogP contribution >= 0.6 is 0 Å². The third-order valence-electron chi connectivity index (χ3n) is 2.29. The lowest BCUT2D eigenvalue weighted by Crippen LogP contribution is -2.21. The molecule has 0 fully saturated rings. The number of nitro benzene ring substituents is 1. The minimum absolute atomic E-state index is 0.0158. The van der Waals surface area contributed by atoms with E-state index in [-0.39, 0.29) is 23.5 Å². The average Bonchev–Trinajstić information content (AvgIpc) is 2.37. The number of hydrogen-bond donors (Lipinski definition) is 4. The van der Waals surface area contributed by atoms with Crippen molar-refractivity contribution in [3.05, 3.63) is 28.3 Å². The molecule has 0 spiro atoms. The summed E-state index contributed by atoms with van der Waals surface area (Å²) in [6.45, 7) is 0.0158. The maximum Gasteiger partial charge on any atom is 0.293 e. The number of carbonyl (C=O) groups excluding carboxylic acids is 1. The molecule has 0 bridgehead atoms. The van der Waals surface area contributed by atoms with Gasteiger partial charge in [0.15, 0.2) is 0 Å². The molecule has 0 heterocycles. The minimum Gasteiger partial charge on any atom is -0.379 e. The number of primary sulfonamides is 1. The Morgan fingerprint density at radius 1 is 1.45 bits per heavy atom. The van der Waals surface area contributed by atoms with Gasteiger partial charge in [-0.05, 0) is 12.1 Å². The summed E-state index contributed by atoms with van der Waals surface area (Å²) in [5, 5.41) is 26.6. The van der Waals surface area contributed by atoms with Gasteiger partial charge in [0.1, 0.15) is 5.69 Å². The number of hydroxylamine groups is 1. The molecule has 1 rings (SSSR count). The molecular weight excluding hydrogens is 292 g/mol. The van der Waals surface area contributed by atoms with E-state index in [9.17, 15) is 23.3 Å². The fourth-order valence-corrected chi connectivity index (χ4v) is 1.89. The lowest BCUT2D eigenvalue weighted by Gasteiger charge is -2.07. The predicted octanol–water partition coefficient (Wildman–Crippen LogP) is -0.450. The smallest absolute Gasteiger partial charge is 0.293 e. The Bertz CT molecular complexity index is 629. The van der Waals surface area contributed by atoms with Gasteiger partial charge in [0.25, 0.3) is 5.69 Å². The lowest BCUT2D eigenvalue weighted by atomic mass is 10.2. The Morgan fingerprint density at radius 3 is 2.60 bits per heavy atom. The zero-order valence-electron chi connectivity index (χ0n) is 10.1. The highest BCUT2D eigenvalue weighted by Gasteiger charge is 2.18. The Hall–Kier alpha value is -2.24. The molecule has 10 nitrogen and oxygen atoms in total. The third kappa shape index (κ3) is 4.15. The number of hydrogen-bond acceptors (Lipinski definition) is 7. The largest absolute Gasteiger partial charge is 0.379 e. The van der Waals surface area contributed by atoms with Gasteiger partial charge >= 0.3 is 0 Å². The van der Waals surface area contributed by atoms with Crippen LogP contribution in [-0.2, 0) is 14.8 Å². The SMILES string of the molecule is NS(=O)(=O)c1ccc(NCCC(=O)NO)c([N+](=O)[O-])c1. The second kappa shape index (κ2) is 6.27. The van der Waals surface area contributed by atoms with Gasteiger partial charge in [-0.3, -0.25) is 20.1 Å². The molecule has 110 valence electrons. The summed E-state index contributed by atoms with van der Waals surface area (Å²) in [6.07, 6.45) is -0.120. The van der Waals surface area contributed by atoms with Crippen LogP contribution in [0.1, 0.15) is 6.42 Å². The molecule has 1 aromatic rings. The van der Waals surface area contributed by atoms with E-state index in [1.54, 1.807) is 0 Å². The van der Waals surface area contributed by atoms with Gasteiger partial charge in [-0.25, -0.2) is 19.0 Å². The van der Waals surface area contributed by atoms with Crippen molar-refractivity contribution in [2.45, 2.75) is 11.3 Å². The number of anilines is 1. The second-order valence-electron chi connectivity index (χ2n) is 3.69. The quantitative estimate of drug-likeness (QED) is 0.314. The number of benzene rings is 1. The van der Waals surface area contributed by atoms with Crippen LogP contribution in [0.3, 0.4) is 0 Å². The number of sulfonamides is 1. The first-order chi connectivity index (χ1) is 9.25. The highest BCUT2D eigenvalue weighted by Crippen LogP contribution is 2.26. The van der Waals surface area contributed by atoms with Crippen LogP contribution in [0.2, 0.25) is 0 Å². The minimum atomic E-state index is -4.04. The molecule has 0 aromatic heterocycles. The molecule has 20 heavy (non-hydrogen) atoms. The first kappa shape index (κ1) is 15.8. The zero-order chi connectivity index (χ0) is 15.3. The van der Waals surface area contributed by atoms with Crippen LogP contribution < -0.4 is 15.9 Å². The number of nitrogens with two attached hydrogens (primary N) is 1. The van der Waals surface area contributed by atoms with E-state index in [1.165, 1.54) is 11.5 Å². The average molecular weight is 304 g/mol. The molecule has 11 heteroatoms. The molecule has 0 atom stereocenters. The summed E-state index contributed by atoms with van der Waals surface area (Å²) in [6, 6.07) is 3.11. The molecule has 0 saturated carbocycles. The summed E-state index contributed by atoms with van der Waals surface area (Å²) in [5.41, 5.74) is 0.959. The van der Waals surface area contributed by atoms with Gasteiger partial charge in [-0.15, -0.1) is 0 Å². The van der Waals surface area contributed by atoms with Crippen molar-refractivity contribution >= 4 is 27.3 Å². The van der Waals surface area contributed by atoms with Crippen LogP contribution in [-0.4, -0.2) is 31.0 Å². The van der Waals surface area contributed by atoms with Gasteiger partial charge in [0.2, 0.25) is 15.9 Å². The van der Waals surface area contributed by atoms with E-state index in [0.29, 0.717) is 0 Å². The van der Waals surface area contributed by atoms with Crippen LogP contribution in [0.15, 0.2) is 23.1 Å². The van der Waals surface area contributed by atoms with E-state index in [2.05, 4.69) is 5.32 Å². The monoisotopic (exact) mass is 304 g/mol. The number of nitrogens with one attached hydrogen (secondary N) is 2. The lowest BCUT2D eigenvalue weighted by molar-refractivity contribution is -0.384. The van der Waals surface area contributed by atoms with Gasteiger partial charge in [-0.2, -0.15) is 0 Å². The summed E-state index contributed by atoms with van der Waals surface area (Å²) in [4.78, 5) is 20.5. The van der Waals surface area contributed by atoms with Crippen molar-refractivity contribution in [3.63, 3.8) is 0 Å². The number of nitro groups is 1. The van der Waals surface area contributed by atoms with E-state index >= 15 is 0 Å². The molecule has 0 aliphatic rings. The normalized spacial score (nSPS) is 10.9. The fraction of sp³-hybridized carbons (Fsp3) is 0.222. The molecule has 1 aromatic carbocycles. The Labute approximate surface area is 113 Å². The predicted molar refractivity (Wildman–Crippen MR) is 67.5 cm³/mol. The maximum atomic E-state index is 11.1. The summed E-state index contributed by atoms with van der Waals surface area (Å²) in [5.74, 6) is -0.665. The van der Waals surface area contributed by atoms with E-state index in [0.717, 1.165) is 12.1 Å². The van der Waals surface area contributed by atoms with Crippen LogP contribution in [0.25, 0.3) is 0 Å². The Morgan fingerprint density at radius 2 is 2.10 bits per heavy atom. The van der Waals surface area contributed by atoms with Gasteiger partial charge < -0.3 is 5.32 Å². The van der Waals surface area contributed by atoms with E-state index in [4.69, 9.17) is 10.3 Å². The number of rotatable bonds is 6. The first-order valence-electron chi connectivity index (χ1n) is 5.23. The second-order valence-corrected chi connectivity index (χ2v) is 5.25. The molecule has 1 amide bonds. The molecule has 0 aliphatic carbocycles. The fourth-order valence-electron chi connectivity index (χ4n) is 1.36. The summed E-state index contributed by atoms with van der Waals surface area (Å²) < 4.78 is 22.2. The first-order valence-corrected chi connectivity index (χ1v) is 6.78. The van der Waals surface area contributed by atoms with Crippen molar-refractivity contribution in [1.82, 2.24) is 5.48 Å². The van der Waals surface area contributed by atoms with Crippen LogP contribution in [0.4, 0.5) is 11.4 Å². The van der Waals surface area contributed by atoms with Crippen molar-refractivity contribution in [2.75, 3.05) is 11.9 Å². The topological polar surface area (TPSA) is 165 Å².